The molecule has 6 rings (SSSR count). The predicted octanol–water partition coefficient (Wildman–Crippen LogP) is 5.21. The minimum Gasteiger partial charge on any atom is -0.373 e. The van der Waals surface area contributed by atoms with Gasteiger partial charge in [-0.2, -0.15) is 0 Å². The van der Waals surface area contributed by atoms with Crippen LogP contribution < -0.4 is 0 Å². The maximum absolute atomic E-state index is 6.98. The quantitative estimate of drug-likeness (QED) is 0.687. The van der Waals surface area contributed by atoms with E-state index in [1.165, 1.54) is 77.0 Å². The molecule has 1 aromatic rings. The van der Waals surface area contributed by atoms with Crippen molar-refractivity contribution in [2.75, 3.05) is 0 Å². The Morgan fingerprint density at radius 1 is 0.960 bits per heavy atom. The highest BCUT2D eigenvalue weighted by Crippen LogP contribution is 2.62. The first-order chi connectivity index (χ1) is 12.3. The third-order valence-electron chi connectivity index (χ3n) is 7.86. The fourth-order valence-electron chi connectivity index (χ4n) is 7.15. The number of ether oxygens (including phenoxy) is 1. The van der Waals surface area contributed by atoms with E-state index in [4.69, 9.17) is 4.74 Å². The molecule has 5 fully saturated rings. The van der Waals surface area contributed by atoms with Gasteiger partial charge in [0, 0.05) is 12.4 Å². The standard InChI is InChI=1S/C22H34N2O/c1-2-4-6-20(5-3-1)25-21(15-24-8-7-23-16-24)22-12-17-9-18(13-22)11-19(10-17)14-22/h7-8,16-21H,1-6,9-15H2. The van der Waals surface area contributed by atoms with Gasteiger partial charge in [-0.25, -0.2) is 4.98 Å². The van der Waals surface area contributed by atoms with Crippen molar-refractivity contribution in [3.63, 3.8) is 0 Å². The van der Waals surface area contributed by atoms with E-state index in [9.17, 15) is 0 Å². The van der Waals surface area contributed by atoms with E-state index in [1.54, 1.807) is 0 Å². The fraction of sp³-hybridized carbons (Fsp3) is 0.864. The van der Waals surface area contributed by atoms with Gasteiger partial charge in [-0.1, -0.05) is 25.7 Å². The molecule has 0 radical (unpaired) electrons. The average Bonchev–Trinajstić information content (AvgIpc) is 2.95. The topological polar surface area (TPSA) is 27.1 Å². The first kappa shape index (κ1) is 16.4. The number of imidazole rings is 1. The SMILES string of the molecule is c1cn(CC(OC2CCCCCC2)C23CC4CC(CC(C4)C2)C3)cn1. The van der Waals surface area contributed by atoms with E-state index < -0.39 is 0 Å². The van der Waals surface area contributed by atoms with Gasteiger partial charge in [0.05, 0.1) is 25.1 Å². The van der Waals surface area contributed by atoms with Crippen LogP contribution in [0.25, 0.3) is 0 Å². The summed E-state index contributed by atoms with van der Waals surface area (Å²) in [5.74, 6) is 2.98. The van der Waals surface area contributed by atoms with Crippen molar-refractivity contribution in [2.45, 2.75) is 95.8 Å². The molecule has 0 aliphatic heterocycles. The maximum Gasteiger partial charge on any atom is 0.0946 e. The Morgan fingerprint density at radius 2 is 1.60 bits per heavy atom. The monoisotopic (exact) mass is 342 g/mol. The van der Waals surface area contributed by atoms with Crippen LogP contribution in [-0.4, -0.2) is 21.8 Å². The van der Waals surface area contributed by atoms with Crippen LogP contribution in [0.5, 0.6) is 0 Å². The summed E-state index contributed by atoms with van der Waals surface area (Å²) < 4.78 is 9.26. The van der Waals surface area contributed by atoms with E-state index >= 15 is 0 Å². The summed E-state index contributed by atoms with van der Waals surface area (Å²) in [6.45, 7) is 1.02. The van der Waals surface area contributed by atoms with Crippen molar-refractivity contribution in [2.24, 2.45) is 23.2 Å². The normalized spacial score (nSPS) is 39.4. The summed E-state index contributed by atoms with van der Waals surface area (Å²) in [5.41, 5.74) is 0.464. The van der Waals surface area contributed by atoms with Gasteiger partial charge in [0.25, 0.3) is 0 Å². The predicted molar refractivity (Wildman–Crippen MR) is 99.2 cm³/mol. The summed E-state index contributed by atoms with van der Waals surface area (Å²) in [5, 5.41) is 0. The summed E-state index contributed by atoms with van der Waals surface area (Å²) in [6, 6.07) is 0. The average molecular weight is 343 g/mol. The summed E-state index contributed by atoms with van der Waals surface area (Å²) in [6.07, 6.45) is 23.9. The highest BCUT2D eigenvalue weighted by atomic mass is 16.5. The maximum atomic E-state index is 6.98. The van der Waals surface area contributed by atoms with Gasteiger partial charge in [-0.15, -0.1) is 0 Å². The Labute approximate surface area is 152 Å². The van der Waals surface area contributed by atoms with Crippen LogP contribution in [0, 0.1) is 23.2 Å². The number of nitrogens with zero attached hydrogens (tertiary/aromatic N) is 2. The molecule has 3 heteroatoms. The molecule has 1 heterocycles. The summed E-state index contributed by atoms with van der Waals surface area (Å²) in [4.78, 5) is 4.29. The second kappa shape index (κ2) is 6.72. The minimum atomic E-state index is 0.401. The lowest BCUT2D eigenvalue weighted by Crippen LogP contribution is -2.54. The van der Waals surface area contributed by atoms with Gasteiger partial charge in [0.15, 0.2) is 0 Å². The van der Waals surface area contributed by atoms with Crippen molar-refractivity contribution < 1.29 is 4.74 Å². The van der Waals surface area contributed by atoms with Crippen LogP contribution in [0.3, 0.4) is 0 Å². The molecule has 0 spiro atoms. The molecule has 0 aromatic carbocycles. The van der Waals surface area contributed by atoms with Crippen LogP contribution in [0.15, 0.2) is 18.7 Å². The smallest absolute Gasteiger partial charge is 0.0946 e. The molecule has 5 aliphatic carbocycles. The third-order valence-corrected chi connectivity index (χ3v) is 7.86. The minimum absolute atomic E-state index is 0.401. The molecular weight excluding hydrogens is 308 g/mol. The van der Waals surface area contributed by atoms with Crippen molar-refractivity contribution >= 4 is 0 Å². The molecule has 0 amide bonds. The highest BCUT2D eigenvalue weighted by molar-refractivity contribution is 5.05. The van der Waals surface area contributed by atoms with Crippen molar-refractivity contribution in [1.82, 2.24) is 9.55 Å². The van der Waals surface area contributed by atoms with Gasteiger partial charge < -0.3 is 9.30 Å². The lowest BCUT2D eigenvalue weighted by molar-refractivity contribution is -0.167. The molecule has 0 saturated heterocycles. The van der Waals surface area contributed by atoms with Gasteiger partial charge in [-0.05, 0) is 74.5 Å². The van der Waals surface area contributed by atoms with Crippen LogP contribution in [0.1, 0.15) is 77.0 Å². The first-order valence-corrected chi connectivity index (χ1v) is 10.9. The summed E-state index contributed by atoms with van der Waals surface area (Å²) in [7, 11) is 0. The van der Waals surface area contributed by atoms with Gasteiger partial charge in [0.1, 0.15) is 0 Å². The van der Waals surface area contributed by atoms with E-state index in [0.29, 0.717) is 17.6 Å². The van der Waals surface area contributed by atoms with Gasteiger partial charge in [-0.3, -0.25) is 0 Å². The Hall–Kier alpha value is -0.830. The Bertz CT molecular complexity index is 523. The third kappa shape index (κ3) is 3.29. The second-order valence-corrected chi connectivity index (χ2v) is 9.78. The van der Waals surface area contributed by atoms with Crippen molar-refractivity contribution in [1.29, 1.82) is 0 Å². The zero-order valence-electron chi connectivity index (χ0n) is 15.6. The van der Waals surface area contributed by atoms with Crippen molar-refractivity contribution in [3.05, 3.63) is 18.7 Å². The molecule has 1 atom stereocenters. The number of hydrogen-bond donors (Lipinski definition) is 0. The highest BCUT2D eigenvalue weighted by Gasteiger charge is 2.55. The molecule has 4 bridgehead atoms. The van der Waals surface area contributed by atoms with Crippen molar-refractivity contribution in [3.8, 4) is 0 Å². The second-order valence-electron chi connectivity index (χ2n) is 9.78. The molecule has 5 aliphatic rings. The van der Waals surface area contributed by atoms with Crippen LogP contribution in [0.2, 0.25) is 0 Å². The van der Waals surface area contributed by atoms with Crippen LogP contribution >= 0.6 is 0 Å². The molecule has 0 N–H and O–H groups in total. The van der Waals surface area contributed by atoms with Crippen LogP contribution in [-0.2, 0) is 11.3 Å². The Balaban J connectivity index is 1.38. The lowest BCUT2D eigenvalue weighted by Gasteiger charge is -2.59. The molecule has 1 unspecified atom stereocenters. The molecule has 25 heavy (non-hydrogen) atoms. The van der Waals surface area contributed by atoms with Gasteiger partial charge >= 0.3 is 0 Å². The number of aromatic nitrogens is 2. The lowest BCUT2D eigenvalue weighted by atomic mass is 9.48. The molecular formula is C22H34N2O. The zero-order valence-corrected chi connectivity index (χ0v) is 15.6. The molecule has 138 valence electrons. The van der Waals surface area contributed by atoms with E-state index in [1.807, 2.05) is 12.5 Å². The Kier molecular flexibility index (Phi) is 4.39. The van der Waals surface area contributed by atoms with E-state index in [0.717, 1.165) is 24.3 Å². The Morgan fingerprint density at radius 3 is 2.16 bits per heavy atom. The molecule has 5 saturated carbocycles. The largest absolute Gasteiger partial charge is 0.373 e. The molecule has 1 aromatic heterocycles. The van der Waals surface area contributed by atoms with E-state index in [2.05, 4.69) is 15.7 Å². The van der Waals surface area contributed by atoms with Gasteiger partial charge in [0.2, 0.25) is 0 Å². The first-order valence-electron chi connectivity index (χ1n) is 10.9. The molecule has 3 nitrogen and oxygen atoms in total. The zero-order chi connectivity index (χ0) is 16.7. The van der Waals surface area contributed by atoms with Crippen LogP contribution in [0.4, 0.5) is 0 Å². The van der Waals surface area contributed by atoms with E-state index in [-0.39, 0.29) is 0 Å². The number of rotatable bonds is 5. The summed E-state index contributed by atoms with van der Waals surface area (Å²) >= 11 is 0. The fourth-order valence-corrected chi connectivity index (χ4v) is 7.15. The number of hydrogen-bond acceptors (Lipinski definition) is 2.